The molecule has 0 amide bonds. The molecule has 2 aromatic heterocycles. The van der Waals surface area contributed by atoms with E-state index in [1.165, 1.54) is 110 Å². The Hall–Kier alpha value is -5.58. The Morgan fingerprint density at radius 1 is 0.618 bits per heavy atom. The molecule has 7 aromatic carbocycles. The average Bonchev–Trinajstić information content (AvgIpc) is 3.73. The number of benzene rings is 7. The minimum atomic E-state index is 0.0949. The Balaban J connectivity index is 1.30. The summed E-state index contributed by atoms with van der Waals surface area (Å²) in [6.45, 7) is 12.0. The molecule has 266 valence electrons. The molecule has 0 fully saturated rings. The van der Waals surface area contributed by atoms with Gasteiger partial charge in [-0.15, -0.1) is 11.3 Å². The lowest BCUT2D eigenvalue weighted by atomic mass is 9.58. The van der Waals surface area contributed by atoms with Gasteiger partial charge in [-0.1, -0.05) is 118 Å². The maximum Gasteiger partial charge on any atom is 0.198 e. The van der Waals surface area contributed by atoms with E-state index in [2.05, 4.69) is 178 Å². The lowest BCUT2D eigenvalue weighted by Gasteiger charge is -2.42. The van der Waals surface area contributed by atoms with Gasteiger partial charge in [-0.3, -0.25) is 0 Å². The highest BCUT2D eigenvalue weighted by Gasteiger charge is 2.39. The van der Waals surface area contributed by atoms with Gasteiger partial charge in [0, 0.05) is 59.1 Å². The summed E-state index contributed by atoms with van der Waals surface area (Å²) >= 11 is 1.92. The van der Waals surface area contributed by atoms with Crippen molar-refractivity contribution in [1.29, 1.82) is 0 Å². The fourth-order valence-electron chi connectivity index (χ4n) is 9.81. The molecule has 4 heteroatoms. The van der Waals surface area contributed by atoms with Crippen LogP contribution in [0.15, 0.2) is 133 Å². The highest BCUT2D eigenvalue weighted by molar-refractivity contribution is 7.26. The van der Waals surface area contributed by atoms with E-state index in [4.69, 9.17) is 0 Å². The third-order valence-electron chi connectivity index (χ3n) is 12.9. The van der Waals surface area contributed by atoms with E-state index in [-0.39, 0.29) is 10.8 Å². The first kappa shape index (κ1) is 32.8. The van der Waals surface area contributed by atoms with Crippen LogP contribution >= 0.6 is 11.3 Å². The third kappa shape index (κ3) is 4.94. The Labute approximate surface area is 327 Å². The minimum Gasteiger partial charge on any atom is -0.355 e. The lowest BCUT2D eigenvalue weighted by molar-refractivity contribution is 0.332. The van der Waals surface area contributed by atoms with Crippen LogP contribution in [0.25, 0.3) is 69.9 Å². The van der Waals surface area contributed by atoms with Crippen LogP contribution < -0.4 is 16.2 Å². The second kappa shape index (κ2) is 11.7. The van der Waals surface area contributed by atoms with Crippen molar-refractivity contribution < 1.29 is 0 Å². The second-order valence-corrected chi connectivity index (χ2v) is 18.4. The number of rotatable bonds is 4. The van der Waals surface area contributed by atoms with Gasteiger partial charge in [0.1, 0.15) is 0 Å². The molecule has 0 radical (unpaired) electrons. The molecule has 0 spiro atoms. The SMILES string of the molecule is Cc1ccc(Nc2ccccc2-c2cc(-c3ccccc3)c3c4cc5c(cc4n4c3c2Bc2cc3sc6ccccc6c3cc2-4)C(C)(C)CCC5(C)C)cc1. The summed E-state index contributed by atoms with van der Waals surface area (Å²) in [5, 5.41) is 9.25. The number of thiophene rings is 1. The number of aryl methyl sites for hydroxylation is 1. The molecule has 2 aliphatic rings. The molecule has 55 heavy (non-hydrogen) atoms. The average molecular weight is 727 g/mol. The Bertz CT molecular complexity index is 3040. The van der Waals surface area contributed by atoms with Crippen LogP contribution in [0.3, 0.4) is 0 Å². The molecule has 1 aliphatic carbocycles. The summed E-state index contributed by atoms with van der Waals surface area (Å²) < 4.78 is 5.38. The fraction of sp³-hybridized carbons (Fsp3) is 0.176. The van der Waals surface area contributed by atoms with E-state index >= 15 is 0 Å². The van der Waals surface area contributed by atoms with Crippen LogP contribution in [-0.4, -0.2) is 11.8 Å². The molecule has 0 unspecified atom stereocenters. The number of hydrogen-bond acceptors (Lipinski definition) is 2. The fourth-order valence-corrected chi connectivity index (χ4v) is 11.0. The zero-order valence-electron chi connectivity index (χ0n) is 32.2. The van der Waals surface area contributed by atoms with Crippen molar-refractivity contribution in [2.24, 2.45) is 0 Å². The van der Waals surface area contributed by atoms with Crippen LogP contribution in [0.4, 0.5) is 11.4 Å². The second-order valence-electron chi connectivity index (χ2n) is 17.3. The normalized spacial score (nSPS) is 15.3. The van der Waals surface area contributed by atoms with Crippen molar-refractivity contribution in [2.75, 3.05) is 5.32 Å². The summed E-state index contributed by atoms with van der Waals surface area (Å²) in [6, 6.07) is 50.4. The number of anilines is 2. The first-order chi connectivity index (χ1) is 26.6. The zero-order chi connectivity index (χ0) is 37.2. The van der Waals surface area contributed by atoms with E-state index in [9.17, 15) is 0 Å². The number of nitrogens with one attached hydrogen (secondary N) is 1. The van der Waals surface area contributed by atoms with E-state index in [0.29, 0.717) is 0 Å². The minimum absolute atomic E-state index is 0.0949. The van der Waals surface area contributed by atoms with Crippen molar-refractivity contribution in [3.8, 4) is 27.9 Å². The number of hydrogen-bond donors (Lipinski definition) is 1. The standard InChI is InChI=1S/C51H43BN2S/c1-30-19-21-32(22-20-30)53-42-17-11-9-15-33(42)37-25-35(31-13-7-6-8-14-31)47-38-26-39-40(51(4,5)24-23-50(39,2)3)28-43(38)54-44-27-36-34-16-10-12-18-45(34)55-46(36)29-41(44)52-48(37)49(47)54/h6-22,25-29,52-53H,23-24H2,1-5H3. The molecule has 0 saturated heterocycles. The Morgan fingerprint density at radius 2 is 1.33 bits per heavy atom. The van der Waals surface area contributed by atoms with E-state index in [0.717, 1.165) is 18.7 Å². The topological polar surface area (TPSA) is 17.0 Å². The van der Waals surface area contributed by atoms with Crippen LogP contribution in [0.5, 0.6) is 0 Å². The van der Waals surface area contributed by atoms with Gasteiger partial charge in [0.25, 0.3) is 0 Å². The van der Waals surface area contributed by atoms with Gasteiger partial charge in [0.2, 0.25) is 0 Å². The van der Waals surface area contributed by atoms with Crippen molar-refractivity contribution >= 4 is 82.9 Å². The number of para-hydroxylation sites is 1. The predicted molar refractivity (Wildman–Crippen MR) is 241 cm³/mol. The highest BCUT2D eigenvalue weighted by Crippen LogP contribution is 2.50. The molecule has 1 aliphatic heterocycles. The van der Waals surface area contributed by atoms with E-state index in [1.807, 2.05) is 11.3 Å². The molecule has 3 heterocycles. The predicted octanol–water partition coefficient (Wildman–Crippen LogP) is 12.6. The van der Waals surface area contributed by atoms with Crippen molar-refractivity contribution in [2.45, 2.75) is 58.3 Å². The number of aromatic nitrogens is 1. The van der Waals surface area contributed by atoms with Crippen molar-refractivity contribution in [3.05, 3.63) is 150 Å². The maximum absolute atomic E-state index is 3.82. The van der Waals surface area contributed by atoms with E-state index in [1.54, 1.807) is 0 Å². The molecule has 9 aromatic rings. The first-order valence-electron chi connectivity index (χ1n) is 19.8. The first-order valence-corrected chi connectivity index (χ1v) is 20.6. The molecular formula is C51H43BN2S. The largest absolute Gasteiger partial charge is 0.355 e. The van der Waals surface area contributed by atoms with Gasteiger partial charge in [0.05, 0.1) is 5.52 Å². The smallest absolute Gasteiger partial charge is 0.198 e. The van der Waals surface area contributed by atoms with Crippen LogP contribution in [0.1, 0.15) is 57.2 Å². The van der Waals surface area contributed by atoms with Crippen LogP contribution in [-0.2, 0) is 10.8 Å². The summed E-state index contributed by atoms with van der Waals surface area (Å²) in [7, 11) is 0.867. The van der Waals surface area contributed by atoms with Gasteiger partial charge in [-0.25, -0.2) is 0 Å². The zero-order valence-corrected chi connectivity index (χ0v) is 33.0. The summed E-state index contributed by atoms with van der Waals surface area (Å²) in [4.78, 5) is 0. The van der Waals surface area contributed by atoms with Crippen LogP contribution in [0.2, 0.25) is 0 Å². The molecule has 11 rings (SSSR count). The van der Waals surface area contributed by atoms with Gasteiger partial charge >= 0.3 is 0 Å². The summed E-state index contributed by atoms with van der Waals surface area (Å²) in [5.41, 5.74) is 18.5. The quantitative estimate of drug-likeness (QED) is 0.179. The number of fused-ring (bicyclic) bond motifs is 9. The molecule has 0 atom stereocenters. The molecule has 1 N–H and O–H groups in total. The molecule has 2 nitrogen and oxygen atoms in total. The maximum atomic E-state index is 3.82. The molecule has 0 saturated carbocycles. The Morgan fingerprint density at radius 3 is 2.13 bits per heavy atom. The molecule has 0 bridgehead atoms. The van der Waals surface area contributed by atoms with Crippen molar-refractivity contribution in [3.63, 3.8) is 0 Å². The van der Waals surface area contributed by atoms with Gasteiger partial charge < -0.3 is 9.88 Å². The Kier molecular flexibility index (Phi) is 6.99. The van der Waals surface area contributed by atoms with E-state index < -0.39 is 0 Å². The van der Waals surface area contributed by atoms with Gasteiger partial charge in [0.15, 0.2) is 7.28 Å². The van der Waals surface area contributed by atoms with Crippen LogP contribution in [0, 0.1) is 6.92 Å². The lowest BCUT2D eigenvalue weighted by Crippen LogP contribution is -2.37. The molecular weight excluding hydrogens is 683 g/mol. The monoisotopic (exact) mass is 726 g/mol. The third-order valence-corrected chi connectivity index (χ3v) is 14.1. The van der Waals surface area contributed by atoms with Gasteiger partial charge in [-0.05, 0) is 118 Å². The highest BCUT2D eigenvalue weighted by atomic mass is 32.1. The van der Waals surface area contributed by atoms with Crippen molar-refractivity contribution in [1.82, 2.24) is 4.57 Å². The van der Waals surface area contributed by atoms with Gasteiger partial charge in [-0.2, -0.15) is 0 Å². The summed E-state index contributed by atoms with van der Waals surface area (Å²) in [5.74, 6) is 0. The summed E-state index contributed by atoms with van der Waals surface area (Å²) in [6.07, 6.45) is 2.38. The number of nitrogens with zero attached hydrogens (tertiary/aromatic N) is 1.